The van der Waals surface area contributed by atoms with E-state index in [9.17, 15) is 9.59 Å². The molecule has 0 spiro atoms. The number of likely N-dealkylation sites (tertiary alicyclic amines) is 1. The van der Waals surface area contributed by atoms with E-state index in [1.807, 2.05) is 4.90 Å². The van der Waals surface area contributed by atoms with Crippen molar-refractivity contribution in [3.05, 3.63) is 0 Å². The molecule has 2 rings (SSSR count). The summed E-state index contributed by atoms with van der Waals surface area (Å²) in [4.78, 5) is 25.2. The first-order valence-corrected chi connectivity index (χ1v) is 7.43. The molecular formula is C14H26ClN3O2. The topological polar surface area (TPSA) is 61.4 Å². The van der Waals surface area contributed by atoms with Crippen LogP contribution in [0.5, 0.6) is 0 Å². The van der Waals surface area contributed by atoms with Gasteiger partial charge in [-0.25, -0.2) is 0 Å². The summed E-state index contributed by atoms with van der Waals surface area (Å²) in [5, 5.41) is 6.19. The lowest BCUT2D eigenvalue weighted by atomic mass is 9.95. The minimum atomic E-state index is 0. The van der Waals surface area contributed by atoms with Crippen molar-refractivity contribution in [2.75, 3.05) is 26.2 Å². The third-order valence-corrected chi connectivity index (χ3v) is 4.17. The molecule has 116 valence electrons. The van der Waals surface area contributed by atoms with E-state index in [4.69, 9.17) is 0 Å². The zero-order chi connectivity index (χ0) is 13.7. The fraction of sp³-hybridized carbons (Fsp3) is 0.857. The lowest BCUT2D eigenvalue weighted by molar-refractivity contribution is -0.135. The average Bonchev–Trinajstić information content (AvgIpc) is 2.46. The molecule has 2 N–H and O–H groups in total. The van der Waals surface area contributed by atoms with Gasteiger partial charge in [-0.2, -0.15) is 0 Å². The number of rotatable bonds is 3. The van der Waals surface area contributed by atoms with Gasteiger partial charge in [0.05, 0.1) is 6.04 Å². The largest absolute Gasteiger partial charge is 0.356 e. The van der Waals surface area contributed by atoms with Gasteiger partial charge in [-0.3, -0.25) is 9.59 Å². The summed E-state index contributed by atoms with van der Waals surface area (Å²) in [5.41, 5.74) is 0. The van der Waals surface area contributed by atoms with E-state index >= 15 is 0 Å². The second kappa shape index (κ2) is 8.47. The monoisotopic (exact) mass is 303 g/mol. The van der Waals surface area contributed by atoms with Crippen LogP contribution in [0.3, 0.4) is 0 Å². The van der Waals surface area contributed by atoms with Crippen LogP contribution in [0.25, 0.3) is 0 Å². The molecule has 0 radical (unpaired) electrons. The summed E-state index contributed by atoms with van der Waals surface area (Å²) in [6, 6.07) is 0.0423. The maximum atomic E-state index is 12.3. The predicted molar refractivity (Wildman–Crippen MR) is 80.9 cm³/mol. The maximum Gasteiger partial charge on any atom is 0.239 e. The van der Waals surface area contributed by atoms with Crippen molar-refractivity contribution in [2.45, 2.75) is 45.1 Å². The van der Waals surface area contributed by atoms with Crippen LogP contribution >= 0.6 is 12.4 Å². The Labute approximate surface area is 127 Å². The fourth-order valence-electron chi connectivity index (χ4n) is 2.93. The molecule has 1 atom stereocenters. The molecule has 2 heterocycles. The van der Waals surface area contributed by atoms with Crippen LogP contribution in [0.2, 0.25) is 0 Å². The Bertz CT molecular complexity index is 324. The number of hydrogen-bond acceptors (Lipinski definition) is 3. The van der Waals surface area contributed by atoms with Gasteiger partial charge in [0.1, 0.15) is 0 Å². The number of amides is 2. The fourth-order valence-corrected chi connectivity index (χ4v) is 2.93. The van der Waals surface area contributed by atoms with Crippen LogP contribution < -0.4 is 10.6 Å². The molecule has 5 nitrogen and oxygen atoms in total. The van der Waals surface area contributed by atoms with Crippen LogP contribution in [0, 0.1) is 5.92 Å². The average molecular weight is 304 g/mol. The lowest BCUT2D eigenvalue weighted by Crippen LogP contribution is -2.51. The Morgan fingerprint density at radius 3 is 2.45 bits per heavy atom. The van der Waals surface area contributed by atoms with E-state index < -0.39 is 0 Å². The molecule has 2 aliphatic rings. The van der Waals surface area contributed by atoms with Crippen molar-refractivity contribution in [1.82, 2.24) is 15.5 Å². The predicted octanol–water partition coefficient (Wildman–Crippen LogP) is 0.925. The minimum absolute atomic E-state index is 0. The molecule has 0 aromatic heterocycles. The number of nitrogens with zero attached hydrogens (tertiary/aromatic N) is 1. The van der Waals surface area contributed by atoms with Crippen LogP contribution in [-0.2, 0) is 9.59 Å². The summed E-state index contributed by atoms with van der Waals surface area (Å²) < 4.78 is 0. The van der Waals surface area contributed by atoms with Crippen molar-refractivity contribution >= 4 is 24.2 Å². The summed E-state index contributed by atoms with van der Waals surface area (Å²) in [5.74, 6) is 0.829. The number of piperidine rings is 2. The Morgan fingerprint density at radius 1 is 1.20 bits per heavy atom. The molecule has 0 aromatic carbocycles. The van der Waals surface area contributed by atoms with Crippen LogP contribution in [-0.4, -0.2) is 48.9 Å². The summed E-state index contributed by atoms with van der Waals surface area (Å²) >= 11 is 0. The van der Waals surface area contributed by atoms with E-state index in [1.54, 1.807) is 6.92 Å². The van der Waals surface area contributed by atoms with Crippen molar-refractivity contribution in [3.63, 3.8) is 0 Å². The van der Waals surface area contributed by atoms with Crippen LogP contribution in [0.4, 0.5) is 0 Å². The Morgan fingerprint density at radius 2 is 1.90 bits per heavy atom. The first kappa shape index (κ1) is 17.2. The van der Waals surface area contributed by atoms with Gasteiger partial charge in [-0.1, -0.05) is 6.42 Å². The molecule has 6 heteroatoms. The smallest absolute Gasteiger partial charge is 0.239 e. The molecule has 0 bridgehead atoms. The molecule has 20 heavy (non-hydrogen) atoms. The van der Waals surface area contributed by atoms with Crippen molar-refractivity contribution in [1.29, 1.82) is 0 Å². The van der Waals surface area contributed by atoms with Gasteiger partial charge >= 0.3 is 0 Å². The molecule has 0 unspecified atom stereocenters. The second-order valence-corrected chi connectivity index (χ2v) is 5.71. The molecule has 0 saturated carbocycles. The third kappa shape index (κ3) is 4.94. The first-order valence-electron chi connectivity index (χ1n) is 7.43. The molecule has 0 aliphatic carbocycles. The van der Waals surface area contributed by atoms with Gasteiger partial charge in [0.25, 0.3) is 0 Å². The zero-order valence-corrected chi connectivity index (χ0v) is 13.0. The quantitative estimate of drug-likeness (QED) is 0.815. The van der Waals surface area contributed by atoms with Crippen molar-refractivity contribution in [2.24, 2.45) is 5.92 Å². The normalized spacial score (nSPS) is 23.9. The van der Waals surface area contributed by atoms with Crippen LogP contribution in [0.1, 0.15) is 39.0 Å². The third-order valence-electron chi connectivity index (χ3n) is 4.17. The van der Waals surface area contributed by atoms with Gasteiger partial charge < -0.3 is 15.5 Å². The lowest BCUT2D eigenvalue weighted by Gasteiger charge is -2.35. The number of nitrogens with one attached hydrogen (secondary N) is 2. The minimum Gasteiger partial charge on any atom is -0.356 e. The summed E-state index contributed by atoms with van der Waals surface area (Å²) in [6.45, 7) is 4.93. The highest BCUT2D eigenvalue weighted by Gasteiger charge is 2.28. The van der Waals surface area contributed by atoms with Crippen molar-refractivity contribution in [3.8, 4) is 0 Å². The van der Waals surface area contributed by atoms with Crippen molar-refractivity contribution < 1.29 is 9.59 Å². The van der Waals surface area contributed by atoms with Gasteiger partial charge in [0.15, 0.2) is 0 Å². The van der Waals surface area contributed by atoms with Gasteiger partial charge in [-0.05, 0) is 38.1 Å². The number of halogens is 1. The Balaban J connectivity index is 0.00000200. The van der Waals surface area contributed by atoms with E-state index in [2.05, 4.69) is 10.6 Å². The first-order chi connectivity index (χ1) is 9.16. The van der Waals surface area contributed by atoms with Gasteiger partial charge in [0, 0.05) is 26.6 Å². The molecule has 2 amide bonds. The highest BCUT2D eigenvalue weighted by molar-refractivity contribution is 5.85. The molecule has 2 fully saturated rings. The highest BCUT2D eigenvalue weighted by Crippen LogP contribution is 2.19. The van der Waals surface area contributed by atoms with E-state index in [1.165, 1.54) is 6.42 Å². The summed E-state index contributed by atoms with van der Waals surface area (Å²) in [6.07, 6.45) is 5.31. The number of carbonyl (C=O) groups is 2. The van der Waals surface area contributed by atoms with E-state index in [0.29, 0.717) is 5.92 Å². The Hall–Kier alpha value is -0.810. The molecule has 2 aliphatic heterocycles. The second-order valence-electron chi connectivity index (χ2n) is 5.71. The highest BCUT2D eigenvalue weighted by atomic mass is 35.5. The Kier molecular flexibility index (Phi) is 7.30. The van der Waals surface area contributed by atoms with E-state index in [-0.39, 0.29) is 30.3 Å². The van der Waals surface area contributed by atoms with Gasteiger partial charge in [0.2, 0.25) is 11.8 Å². The number of hydrogen-bond donors (Lipinski definition) is 2. The SMILES string of the molecule is CC(=O)NCC1CCN(C(=O)[C@@H]2CCCCN2)CC1.Cl. The molecule has 2 saturated heterocycles. The molecule has 0 aromatic rings. The number of carbonyl (C=O) groups excluding carboxylic acids is 2. The molecular weight excluding hydrogens is 278 g/mol. The van der Waals surface area contributed by atoms with Gasteiger partial charge in [-0.15, -0.1) is 12.4 Å². The maximum absolute atomic E-state index is 12.3. The van der Waals surface area contributed by atoms with Crippen LogP contribution in [0.15, 0.2) is 0 Å². The zero-order valence-electron chi connectivity index (χ0n) is 12.2. The summed E-state index contributed by atoms with van der Waals surface area (Å²) in [7, 11) is 0. The standard InChI is InChI=1S/C14H25N3O2.ClH/c1-11(18)16-10-12-5-8-17(9-6-12)14(19)13-4-2-3-7-15-13;/h12-13,15H,2-10H2,1H3,(H,16,18);1H/t13-;/m0./s1. The van der Waals surface area contributed by atoms with E-state index in [0.717, 1.165) is 51.9 Å².